The Morgan fingerprint density at radius 3 is 2.56 bits per heavy atom. The number of aromatic amines is 1. The maximum absolute atomic E-state index is 13.4. The zero-order valence-electron chi connectivity index (χ0n) is 17.5. The molecule has 5 rings (SSSR count). The molecule has 0 bridgehead atoms. The normalized spacial score (nSPS) is 13.5. The molecule has 1 amide bonds. The summed E-state index contributed by atoms with van der Waals surface area (Å²) in [5.41, 5.74) is 6.03. The molecular formula is C26H23ClN4O. The Morgan fingerprint density at radius 1 is 0.969 bits per heavy atom. The summed E-state index contributed by atoms with van der Waals surface area (Å²) in [6, 6.07) is 24.1. The number of aromatic nitrogens is 2. The van der Waals surface area contributed by atoms with Crippen molar-refractivity contribution in [3.63, 3.8) is 0 Å². The van der Waals surface area contributed by atoms with Crippen LogP contribution in [0.4, 0.5) is 5.69 Å². The molecule has 0 saturated carbocycles. The molecule has 0 atom stereocenters. The number of halogens is 1. The Bertz CT molecular complexity index is 1220. The zero-order valence-corrected chi connectivity index (χ0v) is 18.3. The minimum Gasteiger partial charge on any atom is -0.364 e. The maximum Gasteiger partial charge on any atom is 0.255 e. The summed E-state index contributed by atoms with van der Waals surface area (Å²) in [5, 5.41) is 0.480. The largest absolute Gasteiger partial charge is 0.364 e. The molecule has 0 aliphatic carbocycles. The third kappa shape index (κ3) is 4.12. The van der Waals surface area contributed by atoms with E-state index in [1.807, 2.05) is 41.4 Å². The van der Waals surface area contributed by atoms with Crippen LogP contribution in [0.1, 0.15) is 21.6 Å². The summed E-state index contributed by atoms with van der Waals surface area (Å²) in [6.45, 7) is 2.51. The number of imidazole rings is 1. The van der Waals surface area contributed by atoms with Crippen molar-refractivity contribution in [3.05, 3.63) is 107 Å². The number of amides is 1. The number of H-pyrrole nitrogens is 1. The van der Waals surface area contributed by atoms with Crippen molar-refractivity contribution in [3.8, 4) is 11.1 Å². The summed E-state index contributed by atoms with van der Waals surface area (Å²) in [6.07, 6.45) is 3.61. The van der Waals surface area contributed by atoms with E-state index in [1.54, 1.807) is 18.5 Å². The number of benzene rings is 3. The number of hydrogen-bond donors (Lipinski definition) is 1. The van der Waals surface area contributed by atoms with Crippen LogP contribution < -0.4 is 4.90 Å². The van der Waals surface area contributed by atoms with Gasteiger partial charge in [-0.15, -0.1) is 0 Å². The number of anilines is 1. The van der Waals surface area contributed by atoms with Crippen LogP contribution in [0.15, 0.2) is 85.3 Å². The highest BCUT2D eigenvalue weighted by Gasteiger charge is 2.25. The predicted octanol–water partition coefficient (Wildman–Crippen LogP) is 5.39. The highest BCUT2D eigenvalue weighted by molar-refractivity contribution is 6.33. The molecule has 1 aliphatic heterocycles. The first kappa shape index (κ1) is 20.3. The van der Waals surface area contributed by atoms with Gasteiger partial charge in [0.2, 0.25) is 0 Å². The van der Waals surface area contributed by atoms with E-state index in [-0.39, 0.29) is 5.91 Å². The van der Waals surface area contributed by atoms with Crippen LogP contribution in [0.2, 0.25) is 5.02 Å². The molecule has 0 saturated heterocycles. The van der Waals surface area contributed by atoms with Gasteiger partial charge in [-0.3, -0.25) is 4.79 Å². The number of carbonyl (C=O) groups is 1. The molecule has 4 aromatic rings. The van der Waals surface area contributed by atoms with Gasteiger partial charge in [0, 0.05) is 31.5 Å². The number of carbonyl (C=O) groups excluding carboxylic acids is 1. The molecule has 6 heteroatoms. The molecule has 5 nitrogen and oxygen atoms in total. The van der Waals surface area contributed by atoms with E-state index in [2.05, 4.69) is 45.2 Å². The van der Waals surface area contributed by atoms with Crippen LogP contribution in [-0.4, -0.2) is 33.9 Å². The van der Waals surface area contributed by atoms with E-state index in [1.165, 1.54) is 0 Å². The second-order valence-electron chi connectivity index (χ2n) is 7.90. The van der Waals surface area contributed by atoms with E-state index in [0.717, 1.165) is 28.1 Å². The first-order valence-corrected chi connectivity index (χ1v) is 11.0. The molecule has 1 aliphatic rings. The van der Waals surface area contributed by atoms with Crippen LogP contribution >= 0.6 is 11.6 Å². The maximum atomic E-state index is 13.4. The summed E-state index contributed by atoms with van der Waals surface area (Å²) in [4.78, 5) is 25.0. The number of fused-ring (bicyclic) bond motifs is 1. The number of rotatable bonds is 4. The van der Waals surface area contributed by atoms with Gasteiger partial charge >= 0.3 is 0 Å². The van der Waals surface area contributed by atoms with E-state index in [9.17, 15) is 4.79 Å². The van der Waals surface area contributed by atoms with Crippen LogP contribution in [0.25, 0.3) is 11.1 Å². The molecule has 32 heavy (non-hydrogen) atoms. The fourth-order valence-corrected chi connectivity index (χ4v) is 4.41. The monoisotopic (exact) mass is 442 g/mol. The standard InChI is InChI=1S/C26H23ClN4O/c27-24-9-5-4-8-23(24)26(32)31-13-12-30(17-22-15-28-18-29-22)25-11-10-20(14-21(25)16-31)19-6-2-1-3-7-19/h1-11,14-15,18H,12-13,16-17H2,(H,28,29). The number of nitrogens with one attached hydrogen (secondary N) is 1. The van der Waals surface area contributed by atoms with E-state index in [0.29, 0.717) is 36.8 Å². The van der Waals surface area contributed by atoms with Crippen molar-refractivity contribution in [2.75, 3.05) is 18.0 Å². The summed E-state index contributed by atoms with van der Waals surface area (Å²) >= 11 is 6.34. The smallest absolute Gasteiger partial charge is 0.255 e. The quantitative estimate of drug-likeness (QED) is 0.461. The molecule has 2 heterocycles. The third-order valence-electron chi connectivity index (χ3n) is 5.83. The molecule has 160 valence electrons. The van der Waals surface area contributed by atoms with Crippen LogP contribution in [-0.2, 0) is 13.1 Å². The number of nitrogens with zero attached hydrogens (tertiary/aromatic N) is 3. The van der Waals surface area contributed by atoms with Crippen LogP contribution in [0, 0.1) is 0 Å². The average Bonchev–Trinajstić information content (AvgIpc) is 3.27. The Kier molecular flexibility index (Phi) is 5.65. The van der Waals surface area contributed by atoms with E-state index in [4.69, 9.17) is 11.6 Å². The van der Waals surface area contributed by atoms with Gasteiger partial charge in [0.15, 0.2) is 0 Å². The third-order valence-corrected chi connectivity index (χ3v) is 6.16. The molecular weight excluding hydrogens is 420 g/mol. The Hall–Kier alpha value is -3.57. The van der Waals surface area contributed by atoms with Gasteiger partial charge in [-0.1, -0.05) is 60.1 Å². The predicted molar refractivity (Wildman–Crippen MR) is 128 cm³/mol. The summed E-state index contributed by atoms with van der Waals surface area (Å²) in [5.74, 6) is -0.0479. The summed E-state index contributed by atoms with van der Waals surface area (Å²) < 4.78 is 0. The Balaban J connectivity index is 1.52. The highest BCUT2D eigenvalue weighted by Crippen LogP contribution is 2.32. The van der Waals surface area contributed by atoms with Crippen LogP contribution in [0.5, 0.6) is 0 Å². The second-order valence-corrected chi connectivity index (χ2v) is 8.31. The van der Waals surface area contributed by atoms with Crippen molar-refractivity contribution in [1.82, 2.24) is 14.9 Å². The van der Waals surface area contributed by atoms with Gasteiger partial charge < -0.3 is 14.8 Å². The zero-order chi connectivity index (χ0) is 21.9. The molecule has 0 spiro atoms. The summed E-state index contributed by atoms with van der Waals surface area (Å²) in [7, 11) is 0. The van der Waals surface area contributed by atoms with Crippen molar-refractivity contribution in [1.29, 1.82) is 0 Å². The van der Waals surface area contributed by atoms with E-state index < -0.39 is 0 Å². The Labute approximate surface area is 192 Å². The fourth-order valence-electron chi connectivity index (χ4n) is 4.19. The minimum absolute atomic E-state index is 0.0479. The molecule has 1 aromatic heterocycles. The topological polar surface area (TPSA) is 52.2 Å². The van der Waals surface area contributed by atoms with Crippen molar-refractivity contribution in [2.24, 2.45) is 0 Å². The van der Waals surface area contributed by atoms with E-state index >= 15 is 0 Å². The average molecular weight is 443 g/mol. The molecule has 0 unspecified atom stereocenters. The highest BCUT2D eigenvalue weighted by atomic mass is 35.5. The van der Waals surface area contributed by atoms with Crippen LogP contribution in [0.3, 0.4) is 0 Å². The number of hydrogen-bond acceptors (Lipinski definition) is 3. The molecule has 3 aromatic carbocycles. The van der Waals surface area contributed by atoms with Gasteiger partial charge in [0.05, 0.1) is 29.2 Å². The van der Waals surface area contributed by atoms with Gasteiger partial charge in [-0.05, 0) is 41.0 Å². The lowest BCUT2D eigenvalue weighted by molar-refractivity contribution is 0.0751. The molecule has 0 fully saturated rings. The van der Waals surface area contributed by atoms with Gasteiger partial charge in [-0.2, -0.15) is 0 Å². The van der Waals surface area contributed by atoms with Crippen molar-refractivity contribution >= 4 is 23.2 Å². The second kappa shape index (κ2) is 8.89. The lowest BCUT2D eigenvalue weighted by Crippen LogP contribution is -2.35. The minimum atomic E-state index is -0.0479. The lowest BCUT2D eigenvalue weighted by atomic mass is 10.0. The van der Waals surface area contributed by atoms with Gasteiger partial charge in [0.1, 0.15) is 0 Å². The SMILES string of the molecule is O=C(c1ccccc1Cl)N1CCN(Cc2c[nH]cn2)c2ccc(-c3ccccc3)cc2C1. The first-order chi connectivity index (χ1) is 15.7. The Morgan fingerprint density at radius 2 is 1.78 bits per heavy atom. The molecule has 1 N–H and O–H groups in total. The first-order valence-electron chi connectivity index (χ1n) is 10.6. The lowest BCUT2D eigenvalue weighted by Gasteiger charge is -2.24. The molecule has 0 radical (unpaired) electrons. The van der Waals surface area contributed by atoms with Crippen molar-refractivity contribution in [2.45, 2.75) is 13.1 Å². The fraction of sp³-hybridized carbons (Fsp3) is 0.154. The van der Waals surface area contributed by atoms with Gasteiger partial charge in [0.25, 0.3) is 5.91 Å². The van der Waals surface area contributed by atoms with Crippen molar-refractivity contribution < 1.29 is 4.79 Å². The van der Waals surface area contributed by atoms with Gasteiger partial charge in [-0.25, -0.2) is 4.98 Å².